The van der Waals surface area contributed by atoms with Crippen molar-refractivity contribution < 1.29 is 4.79 Å². The number of nitrogens with zero attached hydrogens (tertiary/aromatic N) is 1. The molecule has 1 aliphatic rings. The first-order valence-electron chi connectivity index (χ1n) is 8.91. The number of hydrogen-bond acceptors (Lipinski definition) is 2. The molecule has 1 unspecified atom stereocenters. The van der Waals surface area contributed by atoms with Gasteiger partial charge in [0, 0.05) is 24.7 Å². The lowest BCUT2D eigenvalue weighted by molar-refractivity contribution is 0.0709. The van der Waals surface area contributed by atoms with E-state index in [9.17, 15) is 4.79 Å². The maximum atomic E-state index is 12.6. The van der Waals surface area contributed by atoms with E-state index < -0.39 is 0 Å². The van der Waals surface area contributed by atoms with Crippen molar-refractivity contribution in [1.29, 1.82) is 0 Å². The highest BCUT2D eigenvalue weighted by atomic mass is 35.5. The molecule has 1 fully saturated rings. The summed E-state index contributed by atoms with van der Waals surface area (Å²) in [4.78, 5) is 14.5. The lowest BCUT2D eigenvalue weighted by atomic mass is 10.0. The molecule has 1 heterocycles. The van der Waals surface area contributed by atoms with Gasteiger partial charge in [-0.25, -0.2) is 0 Å². The molecule has 2 N–H and O–H groups in total. The number of hydrogen-bond donors (Lipinski definition) is 1. The summed E-state index contributed by atoms with van der Waals surface area (Å²) in [6.07, 6.45) is 4.29. The lowest BCUT2D eigenvalue weighted by Gasteiger charge is -2.30. The second kappa shape index (κ2) is 9.02. The topological polar surface area (TPSA) is 46.3 Å². The van der Waals surface area contributed by atoms with Crippen LogP contribution in [0.15, 0.2) is 48.5 Å². The number of halogens is 1. The van der Waals surface area contributed by atoms with Crippen LogP contribution in [0.3, 0.4) is 0 Å². The Morgan fingerprint density at radius 3 is 2.24 bits per heavy atom. The second-order valence-corrected chi connectivity index (χ2v) is 6.68. The van der Waals surface area contributed by atoms with Gasteiger partial charge in [0.1, 0.15) is 0 Å². The van der Waals surface area contributed by atoms with Crippen molar-refractivity contribution in [3.63, 3.8) is 0 Å². The van der Waals surface area contributed by atoms with E-state index in [0.29, 0.717) is 6.54 Å². The van der Waals surface area contributed by atoms with Gasteiger partial charge in [0.2, 0.25) is 0 Å². The molecule has 2 aromatic rings. The van der Waals surface area contributed by atoms with E-state index in [0.717, 1.165) is 43.4 Å². The van der Waals surface area contributed by atoms with Crippen LogP contribution in [0.1, 0.15) is 42.1 Å². The van der Waals surface area contributed by atoms with E-state index in [2.05, 4.69) is 31.2 Å². The molecule has 4 heteroatoms. The Morgan fingerprint density at radius 1 is 1.08 bits per heavy atom. The molecule has 3 rings (SSSR count). The zero-order chi connectivity index (χ0) is 16.9. The molecule has 25 heavy (non-hydrogen) atoms. The number of likely N-dealkylation sites (tertiary alicyclic amines) is 1. The fraction of sp³-hybridized carbons (Fsp3) is 0.381. The van der Waals surface area contributed by atoms with Gasteiger partial charge >= 0.3 is 0 Å². The third kappa shape index (κ3) is 4.83. The largest absolute Gasteiger partial charge is 0.337 e. The maximum absolute atomic E-state index is 12.6. The molecule has 2 aromatic carbocycles. The van der Waals surface area contributed by atoms with Crippen LogP contribution in [0.4, 0.5) is 0 Å². The minimum atomic E-state index is 0. The van der Waals surface area contributed by atoms with Crippen molar-refractivity contribution in [2.24, 2.45) is 5.73 Å². The fourth-order valence-electron chi connectivity index (χ4n) is 3.33. The van der Waals surface area contributed by atoms with Crippen LogP contribution in [-0.2, 0) is 6.42 Å². The predicted octanol–water partition coefficient (Wildman–Crippen LogP) is 4.29. The molecule has 1 saturated heterocycles. The van der Waals surface area contributed by atoms with Crippen LogP contribution >= 0.6 is 12.4 Å². The lowest BCUT2D eigenvalue weighted by Crippen LogP contribution is -2.45. The smallest absolute Gasteiger partial charge is 0.253 e. The molecule has 1 aliphatic heterocycles. The molecular formula is C21H27ClN2O. The van der Waals surface area contributed by atoms with Crippen LogP contribution in [0.25, 0.3) is 11.1 Å². The Kier molecular flexibility index (Phi) is 7.03. The SMILES string of the molecule is CCCc1ccc(-c2ccc(C(=O)N3CCCC(N)C3)cc2)cc1.Cl. The maximum Gasteiger partial charge on any atom is 0.253 e. The first-order valence-corrected chi connectivity index (χ1v) is 8.91. The van der Waals surface area contributed by atoms with Gasteiger partial charge in [0.05, 0.1) is 0 Å². The number of rotatable bonds is 4. The summed E-state index contributed by atoms with van der Waals surface area (Å²) in [5, 5.41) is 0. The molecule has 1 amide bonds. The normalized spacial score (nSPS) is 17.0. The van der Waals surface area contributed by atoms with E-state index >= 15 is 0 Å². The van der Waals surface area contributed by atoms with Gasteiger partial charge in [-0.3, -0.25) is 4.79 Å². The summed E-state index contributed by atoms with van der Waals surface area (Å²) in [6, 6.07) is 16.7. The molecule has 0 bridgehead atoms. The van der Waals surface area contributed by atoms with Gasteiger partial charge in [-0.15, -0.1) is 12.4 Å². The van der Waals surface area contributed by atoms with E-state index in [4.69, 9.17) is 5.73 Å². The predicted molar refractivity (Wildman–Crippen MR) is 106 cm³/mol. The van der Waals surface area contributed by atoms with Crippen molar-refractivity contribution in [3.8, 4) is 11.1 Å². The second-order valence-electron chi connectivity index (χ2n) is 6.68. The minimum Gasteiger partial charge on any atom is -0.337 e. The zero-order valence-electron chi connectivity index (χ0n) is 14.8. The Morgan fingerprint density at radius 2 is 1.68 bits per heavy atom. The van der Waals surface area contributed by atoms with E-state index in [1.165, 1.54) is 11.1 Å². The molecule has 3 nitrogen and oxygen atoms in total. The zero-order valence-corrected chi connectivity index (χ0v) is 15.6. The van der Waals surface area contributed by atoms with Crippen LogP contribution in [0.2, 0.25) is 0 Å². The third-order valence-corrected chi connectivity index (χ3v) is 4.70. The number of nitrogens with two attached hydrogens (primary N) is 1. The standard InChI is InChI=1S/C21H26N2O.ClH/c1-2-4-16-6-8-17(9-7-16)18-10-12-19(13-11-18)21(24)23-14-3-5-20(22)15-23;/h6-13,20H,2-5,14-15,22H2,1H3;1H. The van der Waals surface area contributed by atoms with E-state index in [1.54, 1.807) is 0 Å². The van der Waals surface area contributed by atoms with Crippen LogP contribution < -0.4 is 5.73 Å². The summed E-state index contributed by atoms with van der Waals surface area (Å²) in [6.45, 7) is 3.67. The average molecular weight is 359 g/mol. The summed E-state index contributed by atoms with van der Waals surface area (Å²) >= 11 is 0. The molecule has 0 aromatic heterocycles. The Bertz CT molecular complexity index is 682. The van der Waals surface area contributed by atoms with Crippen LogP contribution in [0.5, 0.6) is 0 Å². The molecular weight excluding hydrogens is 332 g/mol. The summed E-state index contributed by atoms with van der Waals surface area (Å²) in [5.41, 5.74) is 10.4. The Labute approximate surface area is 156 Å². The number of piperidine rings is 1. The van der Waals surface area contributed by atoms with Crippen LogP contribution in [0, 0.1) is 0 Å². The molecule has 0 radical (unpaired) electrons. The summed E-state index contributed by atoms with van der Waals surface area (Å²) < 4.78 is 0. The highest BCUT2D eigenvalue weighted by molar-refractivity contribution is 5.94. The quantitative estimate of drug-likeness (QED) is 0.886. The van der Waals surface area contributed by atoms with E-state index in [1.807, 2.05) is 29.2 Å². The van der Waals surface area contributed by atoms with Gasteiger partial charge < -0.3 is 10.6 Å². The number of aryl methyl sites for hydroxylation is 1. The van der Waals surface area contributed by atoms with Crippen molar-refractivity contribution in [2.45, 2.75) is 38.6 Å². The highest BCUT2D eigenvalue weighted by Gasteiger charge is 2.22. The minimum absolute atomic E-state index is 0. The summed E-state index contributed by atoms with van der Waals surface area (Å²) in [5.74, 6) is 0.0926. The van der Waals surface area contributed by atoms with E-state index in [-0.39, 0.29) is 24.4 Å². The number of amides is 1. The molecule has 0 aliphatic carbocycles. The number of benzene rings is 2. The van der Waals surface area contributed by atoms with Crippen molar-refractivity contribution in [2.75, 3.05) is 13.1 Å². The molecule has 0 saturated carbocycles. The molecule has 0 spiro atoms. The van der Waals surface area contributed by atoms with Crippen molar-refractivity contribution in [1.82, 2.24) is 4.90 Å². The van der Waals surface area contributed by atoms with Crippen molar-refractivity contribution >= 4 is 18.3 Å². The molecule has 1 atom stereocenters. The van der Waals surface area contributed by atoms with Crippen molar-refractivity contribution in [3.05, 3.63) is 59.7 Å². The fourth-order valence-corrected chi connectivity index (χ4v) is 3.33. The Hall–Kier alpha value is -1.84. The first kappa shape index (κ1) is 19.5. The van der Waals surface area contributed by atoms with Crippen LogP contribution in [-0.4, -0.2) is 29.9 Å². The number of carbonyl (C=O) groups excluding carboxylic acids is 1. The monoisotopic (exact) mass is 358 g/mol. The average Bonchev–Trinajstić information content (AvgIpc) is 2.62. The third-order valence-electron chi connectivity index (χ3n) is 4.70. The van der Waals surface area contributed by atoms with Gasteiger partial charge in [0.15, 0.2) is 0 Å². The van der Waals surface area contributed by atoms with Gasteiger partial charge in [0.25, 0.3) is 5.91 Å². The number of carbonyl (C=O) groups is 1. The van der Waals surface area contributed by atoms with Gasteiger partial charge in [-0.05, 0) is 48.1 Å². The summed E-state index contributed by atoms with van der Waals surface area (Å²) in [7, 11) is 0. The highest BCUT2D eigenvalue weighted by Crippen LogP contribution is 2.22. The van der Waals surface area contributed by atoms with Gasteiger partial charge in [-0.2, -0.15) is 0 Å². The molecule has 134 valence electrons. The Balaban J connectivity index is 0.00000225. The first-order chi connectivity index (χ1) is 11.7. The van der Waals surface area contributed by atoms with Gasteiger partial charge in [-0.1, -0.05) is 49.7 Å².